The first-order valence-corrected chi connectivity index (χ1v) is 16.2. The quantitative estimate of drug-likeness (QED) is 0.271. The SMILES string of the molecule is O=C(CC(c1ccccc1)C(CC(=O)NC(C(=O)O)[C@H]1C2=NCCC1C2)c1ccccc1)NC(C(=O)O)[C@H]1CN2CCC1CC2. The molecule has 1 aliphatic carbocycles. The lowest BCUT2D eigenvalue weighted by Crippen LogP contribution is -2.58. The largest absolute Gasteiger partial charge is 0.480 e. The number of hydrogen-bond donors (Lipinski definition) is 4. The first-order valence-electron chi connectivity index (χ1n) is 16.2. The Morgan fingerprint density at radius 2 is 1.29 bits per heavy atom. The Hall–Kier alpha value is -4.05. The molecular formula is C35H42N4O6. The van der Waals surface area contributed by atoms with Gasteiger partial charge in [-0.2, -0.15) is 0 Å². The maximum atomic E-state index is 13.7. The zero-order valence-electron chi connectivity index (χ0n) is 25.4. The summed E-state index contributed by atoms with van der Waals surface area (Å²) in [4.78, 5) is 58.9. The number of carboxylic acid groups (broad SMARTS) is 2. The Morgan fingerprint density at radius 3 is 1.71 bits per heavy atom. The fraction of sp³-hybridized carbons (Fsp3) is 0.514. The fourth-order valence-corrected chi connectivity index (χ4v) is 8.23. The van der Waals surface area contributed by atoms with E-state index < -0.39 is 41.8 Å². The van der Waals surface area contributed by atoms with Crippen molar-refractivity contribution in [1.82, 2.24) is 15.5 Å². The standard InChI is InChI=1S/C35H42N4O6/c40-29(37-32(34(42)43)27-20-39-15-12-23(27)13-16-39)18-25(21-7-3-1-4-8-21)26(22-9-5-2-6-10-22)19-30(41)38-33(35(44)45)31-24-11-14-36-28(31)17-24/h1-10,23-27,31-33H,11-20H2,(H,37,40)(H,38,41)(H,42,43)(H,44,45)/t24?,25?,26?,27-,31+,32?,33?/m0/s1. The van der Waals surface area contributed by atoms with Crippen molar-refractivity contribution in [2.45, 2.75) is 62.4 Å². The van der Waals surface area contributed by atoms with E-state index in [9.17, 15) is 29.4 Å². The molecule has 1 saturated carbocycles. The zero-order valence-corrected chi connectivity index (χ0v) is 25.4. The summed E-state index contributed by atoms with van der Waals surface area (Å²) in [7, 11) is 0. The van der Waals surface area contributed by atoms with Crippen molar-refractivity contribution in [2.75, 3.05) is 26.2 Å². The minimum absolute atomic E-state index is 0.0222. The second kappa shape index (κ2) is 13.5. The second-order valence-corrected chi connectivity index (χ2v) is 13.2. The number of hydrogen-bond acceptors (Lipinski definition) is 6. The van der Waals surface area contributed by atoms with Gasteiger partial charge >= 0.3 is 11.9 Å². The number of rotatable bonds is 13. The number of nitrogens with one attached hydrogen (secondary N) is 2. The topological polar surface area (TPSA) is 148 Å². The molecule has 10 nitrogen and oxygen atoms in total. The number of fused-ring (bicyclic) bond motifs is 5. The van der Waals surface area contributed by atoms with Crippen LogP contribution in [-0.2, 0) is 19.2 Å². The minimum Gasteiger partial charge on any atom is -0.480 e. The molecule has 3 saturated heterocycles. The van der Waals surface area contributed by atoms with Crippen LogP contribution in [0.3, 0.4) is 0 Å². The van der Waals surface area contributed by atoms with Crippen LogP contribution in [0.15, 0.2) is 65.7 Å². The number of aliphatic imine (C=N–C) groups is 1. The van der Waals surface area contributed by atoms with Crippen LogP contribution in [0.2, 0.25) is 0 Å². The number of benzene rings is 2. The van der Waals surface area contributed by atoms with Gasteiger partial charge in [0.25, 0.3) is 0 Å². The van der Waals surface area contributed by atoms with E-state index in [0.29, 0.717) is 13.1 Å². The molecule has 10 heteroatoms. The lowest BCUT2D eigenvalue weighted by molar-refractivity contribution is -0.146. The highest BCUT2D eigenvalue weighted by atomic mass is 16.4. The lowest BCUT2D eigenvalue weighted by atomic mass is 9.64. The summed E-state index contributed by atoms with van der Waals surface area (Å²) in [6, 6.07) is 16.9. The molecule has 5 unspecified atom stereocenters. The van der Waals surface area contributed by atoms with E-state index in [1.54, 1.807) is 0 Å². The number of aliphatic carboxylic acids is 2. The van der Waals surface area contributed by atoms with Crippen LogP contribution in [0.5, 0.6) is 0 Å². The van der Waals surface area contributed by atoms with E-state index in [0.717, 1.165) is 55.6 Å². The highest BCUT2D eigenvalue weighted by Crippen LogP contribution is 2.42. The molecular weight excluding hydrogens is 572 g/mol. The lowest BCUT2D eigenvalue weighted by Gasteiger charge is -2.46. The predicted octanol–water partition coefficient (Wildman–Crippen LogP) is 3.30. The summed E-state index contributed by atoms with van der Waals surface area (Å²) < 4.78 is 0. The molecule has 5 aliphatic rings. The molecule has 2 aromatic rings. The summed E-state index contributed by atoms with van der Waals surface area (Å²) in [6.07, 6.45) is 3.43. The monoisotopic (exact) mass is 614 g/mol. The molecule has 45 heavy (non-hydrogen) atoms. The Balaban J connectivity index is 1.24. The van der Waals surface area contributed by atoms with Crippen molar-refractivity contribution in [2.24, 2.45) is 28.7 Å². The van der Waals surface area contributed by atoms with Crippen LogP contribution >= 0.6 is 0 Å². The van der Waals surface area contributed by atoms with Gasteiger partial charge in [-0.1, -0.05) is 60.7 Å². The molecule has 4 fully saturated rings. The fourth-order valence-electron chi connectivity index (χ4n) is 8.23. The maximum absolute atomic E-state index is 13.7. The van der Waals surface area contributed by atoms with Crippen LogP contribution in [0.4, 0.5) is 0 Å². The van der Waals surface area contributed by atoms with Gasteiger partial charge in [0, 0.05) is 43.5 Å². The first kappa shape index (κ1) is 31.0. The minimum atomic E-state index is -1.07. The zero-order chi connectivity index (χ0) is 31.5. The number of nitrogens with zero attached hydrogens (tertiary/aromatic N) is 2. The summed E-state index contributed by atoms with van der Waals surface area (Å²) in [6.45, 7) is 3.30. The summed E-state index contributed by atoms with van der Waals surface area (Å²) in [5.41, 5.74) is 2.56. The third kappa shape index (κ3) is 6.81. The smallest absolute Gasteiger partial charge is 0.326 e. The van der Waals surface area contributed by atoms with Gasteiger partial charge in [-0.15, -0.1) is 0 Å². The maximum Gasteiger partial charge on any atom is 0.326 e. The molecule has 4 heterocycles. The van der Waals surface area contributed by atoms with Gasteiger partial charge in [0.2, 0.25) is 11.8 Å². The van der Waals surface area contributed by atoms with Crippen LogP contribution < -0.4 is 10.6 Å². The third-order valence-electron chi connectivity index (χ3n) is 10.6. The van der Waals surface area contributed by atoms with Crippen molar-refractivity contribution in [1.29, 1.82) is 0 Å². The van der Waals surface area contributed by atoms with Gasteiger partial charge in [0.05, 0.1) is 0 Å². The normalized spacial score (nSPS) is 27.6. The van der Waals surface area contributed by atoms with Gasteiger partial charge < -0.3 is 25.7 Å². The van der Waals surface area contributed by atoms with E-state index in [2.05, 4.69) is 20.5 Å². The van der Waals surface area contributed by atoms with E-state index >= 15 is 0 Å². The van der Waals surface area contributed by atoms with Crippen molar-refractivity contribution in [3.8, 4) is 0 Å². The molecule has 4 bridgehead atoms. The molecule has 2 amide bonds. The molecule has 0 radical (unpaired) electrons. The van der Waals surface area contributed by atoms with Crippen molar-refractivity contribution < 1.29 is 29.4 Å². The number of amides is 2. The van der Waals surface area contributed by atoms with E-state index in [1.165, 1.54) is 0 Å². The summed E-state index contributed by atoms with van der Waals surface area (Å²) in [5, 5.41) is 25.9. The van der Waals surface area contributed by atoms with Crippen molar-refractivity contribution in [3.05, 3.63) is 71.8 Å². The third-order valence-corrected chi connectivity index (χ3v) is 10.6. The van der Waals surface area contributed by atoms with Crippen LogP contribution in [-0.4, -0.2) is 82.8 Å². The number of carbonyl (C=O) groups is 4. The number of carboxylic acids is 2. The molecule has 0 aromatic heterocycles. The van der Waals surface area contributed by atoms with Crippen LogP contribution in [0.1, 0.15) is 61.5 Å². The molecule has 7 atom stereocenters. The number of piperidine rings is 3. The second-order valence-electron chi connectivity index (χ2n) is 13.2. The van der Waals surface area contributed by atoms with Crippen LogP contribution in [0.25, 0.3) is 0 Å². The average Bonchev–Trinajstić information content (AvgIpc) is 3.06. The highest BCUT2D eigenvalue weighted by Gasteiger charge is 2.48. The molecule has 238 valence electrons. The average molecular weight is 615 g/mol. The Kier molecular flexibility index (Phi) is 9.30. The summed E-state index contributed by atoms with van der Waals surface area (Å²) in [5.74, 6) is -3.76. The van der Waals surface area contributed by atoms with Crippen LogP contribution in [0, 0.1) is 23.7 Å². The number of carbonyl (C=O) groups excluding carboxylic acids is 2. The van der Waals surface area contributed by atoms with Gasteiger partial charge in [0.15, 0.2) is 0 Å². The van der Waals surface area contributed by atoms with Crippen molar-refractivity contribution >= 4 is 29.5 Å². The van der Waals surface area contributed by atoms with E-state index in [4.69, 9.17) is 0 Å². The van der Waals surface area contributed by atoms with Gasteiger partial charge in [-0.05, 0) is 73.6 Å². The van der Waals surface area contributed by atoms with Crippen molar-refractivity contribution in [3.63, 3.8) is 0 Å². The highest BCUT2D eigenvalue weighted by molar-refractivity contribution is 5.99. The van der Waals surface area contributed by atoms with Gasteiger partial charge in [-0.3, -0.25) is 14.6 Å². The molecule has 4 N–H and O–H groups in total. The summed E-state index contributed by atoms with van der Waals surface area (Å²) >= 11 is 0. The Bertz CT molecular complexity index is 1420. The van der Waals surface area contributed by atoms with E-state index in [-0.39, 0.29) is 42.4 Å². The molecule has 4 aliphatic heterocycles. The predicted molar refractivity (Wildman–Crippen MR) is 168 cm³/mol. The Labute approximate surface area is 263 Å². The van der Waals surface area contributed by atoms with E-state index in [1.807, 2.05) is 60.7 Å². The molecule has 2 aromatic carbocycles. The molecule has 7 rings (SSSR count). The Morgan fingerprint density at radius 1 is 0.756 bits per heavy atom. The first-order chi connectivity index (χ1) is 21.8. The molecule has 0 spiro atoms. The van der Waals surface area contributed by atoms with Gasteiger partial charge in [0.1, 0.15) is 12.1 Å². The van der Waals surface area contributed by atoms with Gasteiger partial charge in [-0.25, -0.2) is 9.59 Å².